The Hall–Kier alpha value is -0.720. The predicted molar refractivity (Wildman–Crippen MR) is 59.0 cm³/mol. The van der Waals surface area contributed by atoms with Crippen LogP contribution in [0.3, 0.4) is 0 Å². The van der Waals surface area contributed by atoms with Gasteiger partial charge >= 0.3 is 0 Å². The highest BCUT2D eigenvalue weighted by Gasteiger charge is 2.10. The van der Waals surface area contributed by atoms with Crippen LogP contribution in [-0.2, 0) is 6.42 Å². The summed E-state index contributed by atoms with van der Waals surface area (Å²) in [6.07, 6.45) is 2.25. The van der Waals surface area contributed by atoms with Gasteiger partial charge in [0.1, 0.15) is 12.2 Å². The molecule has 0 bridgehead atoms. The molecule has 0 saturated heterocycles. The molecule has 14 heavy (non-hydrogen) atoms. The first-order chi connectivity index (χ1) is 6.75. The van der Waals surface area contributed by atoms with E-state index in [0.29, 0.717) is 0 Å². The summed E-state index contributed by atoms with van der Waals surface area (Å²) in [6.45, 7) is 0. The number of hydrogen-bond donors (Lipinski definition) is 2. The highest BCUT2D eigenvalue weighted by atomic mass is 79.9. The maximum Gasteiger partial charge on any atom is 0.141 e. The fourth-order valence-electron chi connectivity index (χ4n) is 1.17. The SMILES string of the molecule is NC(Cc1ccc(Br)s1)c1ncn[nH]1. The van der Waals surface area contributed by atoms with Crippen LogP contribution in [0.15, 0.2) is 22.2 Å². The van der Waals surface area contributed by atoms with Crippen molar-refractivity contribution in [1.29, 1.82) is 0 Å². The first-order valence-electron chi connectivity index (χ1n) is 4.11. The van der Waals surface area contributed by atoms with Gasteiger partial charge in [-0.2, -0.15) is 5.10 Å². The van der Waals surface area contributed by atoms with Crippen molar-refractivity contribution in [2.24, 2.45) is 5.73 Å². The molecule has 2 heterocycles. The van der Waals surface area contributed by atoms with Crippen molar-refractivity contribution >= 4 is 27.3 Å². The first kappa shape index (κ1) is 9.82. The van der Waals surface area contributed by atoms with Crippen LogP contribution < -0.4 is 5.73 Å². The molecule has 2 rings (SSSR count). The minimum Gasteiger partial charge on any atom is -0.321 e. The molecule has 1 unspecified atom stereocenters. The van der Waals surface area contributed by atoms with Gasteiger partial charge in [-0.15, -0.1) is 11.3 Å². The highest BCUT2D eigenvalue weighted by Crippen LogP contribution is 2.24. The van der Waals surface area contributed by atoms with Gasteiger partial charge < -0.3 is 5.73 Å². The van der Waals surface area contributed by atoms with E-state index in [2.05, 4.69) is 37.2 Å². The second-order valence-corrected chi connectivity index (χ2v) is 5.43. The molecule has 0 aliphatic rings. The minimum atomic E-state index is -0.108. The number of nitrogens with two attached hydrogens (primary N) is 1. The second-order valence-electron chi connectivity index (χ2n) is 2.89. The Morgan fingerprint density at radius 3 is 3.00 bits per heavy atom. The third-order valence-electron chi connectivity index (χ3n) is 1.83. The molecule has 0 amide bonds. The molecule has 0 fully saturated rings. The molecule has 1 atom stereocenters. The minimum absolute atomic E-state index is 0.108. The summed E-state index contributed by atoms with van der Waals surface area (Å²) in [5.41, 5.74) is 5.94. The van der Waals surface area contributed by atoms with Crippen LogP contribution in [0.1, 0.15) is 16.7 Å². The Labute approximate surface area is 93.7 Å². The second kappa shape index (κ2) is 4.20. The van der Waals surface area contributed by atoms with Gasteiger partial charge in [0.15, 0.2) is 0 Å². The Balaban J connectivity index is 2.05. The third kappa shape index (κ3) is 2.20. The number of nitrogens with one attached hydrogen (secondary N) is 1. The summed E-state index contributed by atoms with van der Waals surface area (Å²) in [6, 6.07) is 3.97. The van der Waals surface area contributed by atoms with Gasteiger partial charge in [-0.3, -0.25) is 5.10 Å². The maximum atomic E-state index is 5.94. The summed E-state index contributed by atoms with van der Waals surface area (Å²) >= 11 is 5.10. The molecule has 2 aromatic heterocycles. The van der Waals surface area contributed by atoms with Crippen LogP contribution in [0.25, 0.3) is 0 Å². The normalized spacial score (nSPS) is 13.0. The van der Waals surface area contributed by atoms with E-state index < -0.39 is 0 Å². The number of thiophene rings is 1. The molecule has 2 aromatic rings. The van der Waals surface area contributed by atoms with E-state index in [0.717, 1.165) is 16.0 Å². The lowest BCUT2D eigenvalue weighted by atomic mass is 10.2. The number of H-pyrrole nitrogens is 1. The molecule has 74 valence electrons. The first-order valence-corrected chi connectivity index (χ1v) is 5.71. The lowest BCUT2D eigenvalue weighted by molar-refractivity contribution is 0.677. The molecule has 4 nitrogen and oxygen atoms in total. The molecule has 0 aliphatic carbocycles. The zero-order valence-corrected chi connectivity index (χ0v) is 9.68. The van der Waals surface area contributed by atoms with Crippen LogP contribution in [0, 0.1) is 0 Å². The fourth-order valence-corrected chi connectivity index (χ4v) is 2.71. The average Bonchev–Trinajstić information content (AvgIpc) is 2.75. The van der Waals surface area contributed by atoms with Crippen molar-refractivity contribution in [3.05, 3.63) is 32.9 Å². The Morgan fingerprint density at radius 1 is 1.57 bits per heavy atom. The van der Waals surface area contributed by atoms with Crippen LogP contribution >= 0.6 is 27.3 Å². The van der Waals surface area contributed by atoms with Crippen molar-refractivity contribution in [1.82, 2.24) is 15.2 Å². The molecule has 0 aromatic carbocycles. The van der Waals surface area contributed by atoms with E-state index in [9.17, 15) is 0 Å². The summed E-state index contributed by atoms with van der Waals surface area (Å²) in [7, 11) is 0. The Bertz CT molecular complexity index is 397. The molecular formula is C8H9BrN4S. The van der Waals surface area contributed by atoms with Gasteiger partial charge in [-0.25, -0.2) is 4.98 Å². The standard InChI is InChI=1S/C8H9BrN4S/c9-7-2-1-5(14-7)3-6(10)8-11-4-12-13-8/h1-2,4,6H,3,10H2,(H,11,12,13). The van der Waals surface area contributed by atoms with E-state index in [-0.39, 0.29) is 6.04 Å². The number of halogens is 1. The average molecular weight is 273 g/mol. The molecule has 0 aliphatic heterocycles. The highest BCUT2D eigenvalue weighted by molar-refractivity contribution is 9.11. The van der Waals surface area contributed by atoms with E-state index in [1.807, 2.05) is 6.07 Å². The molecule has 0 radical (unpaired) electrons. The number of aromatic amines is 1. The number of nitrogens with zero attached hydrogens (tertiary/aromatic N) is 2. The fraction of sp³-hybridized carbons (Fsp3) is 0.250. The van der Waals surface area contributed by atoms with Gasteiger partial charge in [-0.05, 0) is 28.1 Å². The van der Waals surface area contributed by atoms with Crippen molar-refractivity contribution < 1.29 is 0 Å². The largest absolute Gasteiger partial charge is 0.321 e. The maximum absolute atomic E-state index is 5.94. The van der Waals surface area contributed by atoms with Crippen molar-refractivity contribution in [2.45, 2.75) is 12.5 Å². The number of rotatable bonds is 3. The van der Waals surface area contributed by atoms with Gasteiger partial charge in [0.25, 0.3) is 0 Å². The van der Waals surface area contributed by atoms with E-state index >= 15 is 0 Å². The van der Waals surface area contributed by atoms with E-state index in [1.165, 1.54) is 11.2 Å². The van der Waals surface area contributed by atoms with E-state index in [1.54, 1.807) is 11.3 Å². The topological polar surface area (TPSA) is 67.6 Å². The summed E-state index contributed by atoms with van der Waals surface area (Å²) in [4.78, 5) is 5.26. The summed E-state index contributed by atoms with van der Waals surface area (Å²) in [5, 5.41) is 6.54. The Morgan fingerprint density at radius 2 is 2.43 bits per heavy atom. The quantitative estimate of drug-likeness (QED) is 0.897. The Kier molecular flexibility index (Phi) is 2.95. The zero-order valence-electron chi connectivity index (χ0n) is 7.27. The zero-order chi connectivity index (χ0) is 9.97. The molecule has 0 spiro atoms. The molecule has 3 N–H and O–H groups in total. The lowest BCUT2D eigenvalue weighted by Crippen LogP contribution is -2.14. The monoisotopic (exact) mass is 272 g/mol. The van der Waals surface area contributed by atoms with Crippen LogP contribution in [0.4, 0.5) is 0 Å². The van der Waals surface area contributed by atoms with Gasteiger partial charge in [-0.1, -0.05) is 0 Å². The van der Waals surface area contributed by atoms with Crippen molar-refractivity contribution in [2.75, 3.05) is 0 Å². The molecule has 6 heteroatoms. The van der Waals surface area contributed by atoms with E-state index in [4.69, 9.17) is 5.73 Å². The van der Waals surface area contributed by atoms with Gasteiger partial charge in [0, 0.05) is 11.3 Å². The van der Waals surface area contributed by atoms with Crippen LogP contribution in [-0.4, -0.2) is 15.2 Å². The number of hydrogen-bond acceptors (Lipinski definition) is 4. The van der Waals surface area contributed by atoms with Gasteiger partial charge in [0.05, 0.1) is 9.83 Å². The van der Waals surface area contributed by atoms with Gasteiger partial charge in [0.2, 0.25) is 0 Å². The van der Waals surface area contributed by atoms with Crippen LogP contribution in [0.5, 0.6) is 0 Å². The van der Waals surface area contributed by atoms with Crippen molar-refractivity contribution in [3.8, 4) is 0 Å². The summed E-state index contributed by atoms with van der Waals surface area (Å²) in [5.74, 6) is 0.731. The third-order valence-corrected chi connectivity index (χ3v) is 3.48. The lowest BCUT2D eigenvalue weighted by Gasteiger charge is -2.05. The van der Waals surface area contributed by atoms with Crippen molar-refractivity contribution in [3.63, 3.8) is 0 Å². The predicted octanol–water partition coefficient (Wildman–Crippen LogP) is 1.87. The summed E-state index contributed by atoms with van der Waals surface area (Å²) < 4.78 is 1.12. The molecular weight excluding hydrogens is 264 g/mol. The number of aromatic nitrogens is 3. The van der Waals surface area contributed by atoms with Crippen LogP contribution in [0.2, 0.25) is 0 Å². The smallest absolute Gasteiger partial charge is 0.141 e. The molecule has 0 saturated carbocycles.